The Labute approximate surface area is 115 Å². The van der Waals surface area contributed by atoms with Crippen molar-refractivity contribution in [2.75, 3.05) is 5.32 Å². The molecule has 0 spiro atoms. The van der Waals surface area contributed by atoms with E-state index >= 15 is 0 Å². The van der Waals surface area contributed by atoms with Crippen LogP contribution in [0.3, 0.4) is 0 Å². The molecule has 0 saturated heterocycles. The van der Waals surface area contributed by atoms with Crippen molar-refractivity contribution in [1.29, 1.82) is 5.26 Å². The number of nitrogens with zero attached hydrogens (tertiary/aromatic N) is 3. The molecule has 0 unspecified atom stereocenters. The molecule has 7 heteroatoms. The number of hydrogen-bond acceptors (Lipinski definition) is 4. The summed E-state index contributed by atoms with van der Waals surface area (Å²) in [6.45, 7) is 1.42. The van der Waals surface area contributed by atoms with Gasteiger partial charge < -0.3 is 4.98 Å². The third-order valence-electron chi connectivity index (χ3n) is 2.38. The number of amides is 1. The van der Waals surface area contributed by atoms with Crippen LogP contribution in [0.1, 0.15) is 6.92 Å². The van der Waals surface area contributed by atoms with Gasteiger partial charge in [0.05, 0.1) is 11.4 Å². The topological polar surface area (TPSA) is 106 Å². The molecule has 2 aromatic rings. The number of rotatable bonds is 4. The Bertz CT molecular complexity index is 665. The SMILES string of the molecule is CC(=O)Nc1nc(-c2ccc(N=CNC#N)cc2)c[nH]1. The summed E-state index contributed by atoms with van der Waals surface area (Å²) in [5.74, 6) is 0.230. The smallest absolute Gasteiger partial charge is 0.223 e. The molecule has 100 valence electrons. The zero-order valence-electron chi connectivity index (χ0n) is 10.7. The number of nitriles is 1. The molecule has 0 atom stereocenters. The van der Waals surface area contributed by atoms with Crippen molar-refractivity contribution in [3.63, 3.8) is 0 Å². The van der Waals surface area contributed by atoms with Crippen molar-refractivity contribution in [1.82, 2.24) is 15.3 Å². The van der Waals surface area contributed by atoms with E-state index in [1.54, 1.807) is 24.5 Å². The van der Waals surface area contributed by atoms with Gasteiger partial charge in [0.1, 0.15) is 6.34 Å². The molecule has 0 saturated carbocycles. The molecule has 3 N–H and O–H groups in total. The fourth-order valence-corrected chi connectivity index (χ4v) is 1.55. The number of aromatic nitrogens is 2. The van der Waals surface area contributed by atoms with Gasteiger partial charge >= 0.3 is 0 Å². The van der Waals surface area contributed by atoms with Crippen LogP contribution in [0, 0.1) is 11.5 Å². The standard InChI is InChI=1S/C13H12N6O/c1-9(20)18-13-16-6-12(19-13)10-2-4-11(5-3-10)17-8-15-7-14/h2-6,8H,1H3,(H,15,17)(H2,16,18,19,20). The molecular formula is C13H12N6O. The van der Waals surface area contributed by atoms with E-state index < -0.39 is 0 Å². The van der Waals surface area contributed by atoms with Crippen molar-refractivity contribution in [2.45, 2.75) is 6.92 Å². The number of H-pyrrole nitrogens is 1. The first kappa shape index (κ1) is 13.3. The number of anilines is 1. The molecule has 0 fully saturated rings. The second-order valence-corrected chi connectivity index (χ2v) is 3.88. The fraction of sp³-hybridized carbons (Fsp3) is 0.0769. The minimum absolute atomic E-state index is 0.180. The maximum absolute atomic E-state index is 10.9. The number of hydrogen-bond donors (Lipinski definition) is 3. The lowest BCUT2D eigenvalue weighted by Gasteiger charge is -1.98. The van der Waals surface area contributed by atoms with E-state index in [0.717, 1.165) is 11.3 Å². The summed E-state index contributed by atoms with van der Waals surface area (Å²) in [5, 5.41) is 13.2. The van der Waals surface area contributed by atoms with E-state index in [9.17, 15) is 4.79 Å². The lowest BCUT2D eigenvalue weighted by Crippen LogP contribution is -2.06. The van der Waals surface area contributed by atoms with Gasteiger partial charge in [0.15, 0.2) is 6.19 Å². The third kappa shape index (κ3) is 3.43. The van der Waals surface area contributed by atoms with Crippen LogP contribution in [0.4, 0.5) is 11.6 Å². The van der Waals surface area contributed by atoms with Crippen LogP contribution >= 0.6 is 0 Å². The number of imidazole rings is 1. The lowest BCUT2D eigenvalue weighted by atomic mass is 10.1. The molecule has 0 aliphatic heterocycles. The van der Waals surface area contributed by atoms with Crippen molar-refractivity contribution in [3.8, 4) is 17.5 Å². The minimum Gasteiger partial charge on any atom is -0.330 e. The van der Waals surface area contributed by atoms with Crippen molar-refractivity contribution in [2.24, 2.45) is 4.99 Å². The molecule has 1 aromatic heterocycles. The van der Waals surface area contributed by atoms with E-state index in [-0.39, 0.29) is 5.91 Å². The first-order chi connectivity index (χ1) is 9.69. The molecule has 2 rings (SSSR count). The van der Waals surface area contributed by atoms with E-state index in [4.69, 9.17) is 5.26 Å². The van der Waals surface area contributed by atoms with E-state index in [0.29, 0.717) is 11.6 Å². The highest BCUT2D eigenvalue weighted by Gasteiger charge is 2.04. The first-order valence-corrected chi connectivity index (χ1v) is 5.79. The van der Waals surface area contributed by atoms with Gasteiger partial charge in [-0.1, -0.05) is 12.1 Å². The van der Waals surface area contributed by atoms with Crippen molar-refractivity contribution >= 4 is 23.9 Å². The molecule has 1 aromatic carbocycles. The van der Waals surface area contributed by atoms with Gasteiger partial charge in [-0.25, -0.2) is 9.98 Å². The molecule has 0 bridgehead atoms. The second-order valence-electron chi connectivity index (χ2n) is 3.88. The number of carbonyl (C=O) groups is 1. The van der Waals surface area contributed by atoms with Gasteiger partial charge in [-0.3, -0.25) is 15.4 Å². The predicted octanol–water partition coefficient (Wildman–Crippen LogP) is 1.77. The third-order valence-corrected chi connectivity index (χ3v) is 2.38. The Morgan fingerprint density at radius 3 is 2.85 bits per heavy atom. The van der Waals surface area contributed by atoms with Gasteiger partial charge in [0.25, 0.3) is 0 Å². The summed E-state index contributed by atoms with van der Waals surface area (Å²) in [7, 11) is 0. The Morgan fingerprint density at radius 1 is 1.45 bits per heavy atom. The zero-order chi connectivity index (χ0) is 14.4. The van der Waals surface area contributed by atoms with Crippen molar-refractivity contribution in [3.05, 3.63) is 30.5 Å². The largest absolute Gasteiger partial charge is 0.330 e. The van der Waals surface area contributed by atoms with Crippen LogP contribution in [0.15, 0.2) is 35.5 Å². The summed E-state index contributed by atoms with van der Waals surface area (Å²) in [5.41, 5.74) is 2.33. The molecule has 7 nitrogen and oxygen atoms in total. The predicted molar refractivity (Wildman–Crippen MR) is 75.2 cm³/mol. The molecule has 0 radical (unpaired) electrons. The maximum Gasteiger partial charge on any atom is 0.223 e. The number of nitrogens with one attached hydrogen (secondary N) is 3. The maximum atomic E-state index is 10.9. The minimum atomic E-state index is -0.180. The molecule has 20 heavy (non-hydrogen) atoms. The lowest BCUT2D eigenvalue weighted by molar-refractivity contribution is -0.114. The number of aliphatic imine (C=N–C) groups is 1. The van der Waals surface area contributed by atoms with Crippen LogP contribution in [0.25, 0.3) is 11.3 Å². The Morgan fingerprint density at radius 2 is 2.20 bits per heavy atom. The van der Waals surface area contributed by atoms with Gasteiger partial charge in [-0.05, 0) is 12.1 Å². The summed E-state index contributed by atoms with van der Waals surface area (Å²) in [6, 6.07) is 7.31. The zero-order valence-corrected chi connectivity index (χ0v) is 10.7. The number of aromatic amines is 1. The van der Waals surface area contributed by atoms with Crippen molar-refractivity contribution < 1.29 is 4.79 Å². The Kier molecular flexibility index (Phi) is 4.09. The fourth-order valence-electron chi connectivity index (χ4n) is 1.55. The average Bonchev–Trinajstić information content (AvgIpc) is 2.87. The van der Waals surface area contributed by atoms with Crippen LogP contribution in [-0.4, -0.2) is 22.2 Å². The monoisotopic (exact) mass is 268 g/mol. The molecular weight excluding hydrogens is 256 g/mol. The second kappa shape index (κ2) is 6.15. The Hall–Kier alpha value is -3.14. The average molecular weight is 268 g/mol. The normalized spacial score (nSPS) is 10.2. The van der Waals surface area contributed by atoms with Crippen LogP contribution in [-0.2, 0) is 4.79 Å². The summed E-state index contributed by atoms with van der Waals surface area (Å²) in [4.78, 5) is 22.1. The first-order valence-electron chi connectivity index (χ1n) is 5.79. The highest BCUT2D eigenvalue weighted by molar-refractivity contribution is 5.87. The number of benzene rings is 1. The summed E-state index contributed by atoms with van der Waals surface area (Å²) >= 11 is 0. The highest BCUT2D eigenvalue weighted by atomic mass is 16.1. The van der Waals surface area contributed by atoms with E-state index in [1.165, 1.54) is 13.3 Å². The van der Waals surface area contributed by atoms with Gasteiger partial charge in [0, 0.05) is 18.7 Å². The van der Waals surface area contributed by atoms with Gasteiger partial charge in [0.2, 0.25) is 11.9 Å². The molecule has 0 aliphatic rings. The molecule has 0 aliphatic carbocycles. The Balaban J connectivity index is 2.11. The van der Waals surface area contributed by atoms with E-state index in [1.807, 2.05) is 12.1 Å². The highest BCUT2D eigenvalue weighted by Crippen LogP contribution is 2.21. The van der Waals surface area contributed by atoms with E-state index in [2.05, 4.69) is 25.6 Å². The molecule has 1 heterocycles. The van der Waals surface area contributed by atoms with Crippen LogP contribution < -0.4 is 10.6 Å². The summed E-state index contributed by atoms with van der Waals surface area (Å²) < 4.78 is 0. The van der Waals surface area contributed by atoms with Gasteiger partial charge in [-0.2, -0.15) is 5.26 Å². The summed E-state index contributed by atoms with van der Waals surface area (Å²) in [6.07, 6.45) is 4.77. The molecule has 1 amide bonds. The number of carbonyl (C=O) groups excluding carboxylic acids is 1. The quantitative estimate of drug-likeness (QED) is 0.340. The van der Waals surface area contributed by atoms with Crippen LogP contribution in [0.5, 0.6) is 0 Å². The van der Waals surface area contributed by atoms with Gasteiger partial charge in [-0.15, -0.1) is 0 Å². The van der Waals surface area contributed by atoms with Crippen LogP contribution in [0.2, 0.25) is 0 Å².